The van der Waals surface area contributed by atoms with E-state index < -0.39 is 10.0 Å². The van der Waals surface area contributed by atoms with Crippen molar-refractivity contribution < 1.29 is 22.2 Å². The van der Waals surface area contributed by atoms with E-state index in [1.165, 1.54) is 4.31 Å². The topological polar surface area (TPSA) is 96.9 Å². The molecule has 1 amide bonds. The first-order chi connectivity index (χ1) is 12.4. The first kappa shape index (κ1) is 18.7. The zero-order valence-electron chi connectivity index (χ0n) is 15.0. The van der Waals surface area contributed by atoms with Crippen LogP contribution >= 0.6 is 0 Å². The molecule has 0 unspecified atom stereocenters. The number of aromatic nitrogens is 1. The van der Waals surface area contributed by atoms with Gasteiger partial charge in [0, 0.05) is 39.0 Å². The Morgan fingerprint density at radius 3 is 2.69 bits per heavy atom. The van der Waals surface area contributed by atoms with Crippen molar-refractivity contribution in [3.05, 3.63) is 35.6 Å². The third-order valence-corrected chi connectivity index (χ3v) is 6.68. The first-order valence-electron chi connectivity index (χ1n) is 8.63. The molecule has 1 fully saturated rings. The Bertz CT molecular complexity index is 838. The largest absolute Gasteiger partial charge is 0.469 e. The lowest BCUT2D eigenvalue weighted by atomic mass is 10.2. The lowest BCUT2D eigenvalue weighted by Crippen LogP contribution is -2.37. The highest BCUT2D eigenvalue weighted by Gasteiger charge is 2.32. The van der Waals surface area contributed by atoms with Gasteiger partial charge >= 0.3 is 0 Å². The summed E-state index contributed by atoms with van der Waals surface area (Å²) in [6.45, 7) is 4.76. The third kappa shape index (κ3) is 3.83. The van der Waals surface area contributed by atoms with Gasteiger partial charge in [-0.05, 0) is 32.4 Å². The second kappa shape index (κ2) is 7.63. The van der Waals surface area contributed by atoms with Crippen LogP contribution in [-0.4, -0.2) is 54.9 Å². The van der Waals surface area contributed by atoms with E-state index in [0.717, 1.165) is 5.76 Å². The molecule has 1 aliphatic rings. The van der Waals surface area contributed by atoms with E-state index in [1.807, 2.05) is 6.07 Å². The first-order valence-corrected chi connectivity index (χ1v) is 10.1. The van der Waals surface area contributed by atoms with Crippen LogP contribution in [0.25, 0.3) is 0 Å². The summed E-state index contributed by atoms with van der Waals surface area (Å²) in [5.41, 5.74) is 0.359. The molecule has 1 saturated heterocycles. The number of aryl methyl sites for hydroxylation is 3. The molecule has 3 heterocycles. The van der Waals surface area contributed by atoms with Crippen LogP contribution in [0.1, 0.15) is 30.1 Å². The summed E-state index contributed by atoms with van der Waals surface area (Å²) in [7, 11) is -3.68. The maximum absolute atomic E-state index is 12.9. The smallest absolute Gasteiger partial charge is 0.248 e. The van der Waals surface area contributed by atoms with Crippen LogP contribution in [0.5, 0.6) is 0 Å². The molecule has 142 valence electrons. The molecule has 26 heavy (non-hydrogen) atoms. The van der Waals surface area contributed by atoms with Crippen molar-refractivity contribution in [3.63, 3.8) is 0 Å². The minimum Gasteiger partial charge on any atom is -0.469 e. The van der Waals surface area contributed by atoms with Crippen molar-refractivity contribution >= 4 is 15.9 Å². The third-order valence-electron chi connectivity index (χ3n) is 4.54. The molecule has 8 nitrogen and oxygen atoms in total. The fourth-order valence-corrected chi connectivity index (χ4v) is 4.96. The number of amides is 1. The second-order valence-corrected chi connectivity index (χ2v) is 8.25. The van der Waals surface area contributed by atoms with Crippen molar-refractivity contribution in [1.82, 2.24) is 14.4 Å². The van der Waals surface area contributed by atoms with E-state index in [1.54, 1.807) is 31.1 Å². The van der Waals surface area contributed by atoms with Gasteiger partial charge in [-0.25, -0.2) is 8.42 Å². The van der Waals surface area contributed by atoms with Gasteiger partial charge in [0.1, 0.15) is 16.3 Å². The number of nitrogens with zero attached hydrogens (tertiary/aromatic N) is 3. The SMILES string of the molecule is Cc1noc(C)c1S(=O)(=O)N1CCCN(C(=O)CCc2ccco2)CC1. The van der Waals surface area contributed by atoms with Gasteiger partial charge < -0.3 is 13.8 Å². The Labute approximate surface area is 152 Å². The maximum atomic E-state index is 12.9. The van der Waals surface area contributed by atoms with Crippen LogP contribution in [0.15, 0.2) is 32.2 Å². The molecule has 0 N–H and O–H groups in total. The zero-order valence-corrected chi connectivity index (χ0v) is 15.8. The molecule has 0 saturated carbocycles. The van der Waals surface area contributed by atoms with Crippen molar-refractivity contribution in [1.29, 1.82) is 0 Å². The maximum Gasteiger partial charge on any atom is 0.248 e. The lowest BCUT2D eigenvalue weighted by molar-refractivity contribution is -0.131. The van der Waals surface area contributed by atoms with Crippen molar-refractivity contribution in [2.75, 3.05) is 26.2 Å². The van der Waals surface area contributed by atoms with Crippen LogP contribution in [0, 0.1) is 13.8 Å². The molecule has 0 radical (unpaired) electrons. The molecule has 0 aliphatic carbocycles. The Balaban J connectivity index is 1.63. The second-order valence-electron chi connectivity index (χ2n) is 6.37. The summed E-state index contributed by atoms with van der Waals surface area (Å²) in [6, 6.07) is 3.64. The molecule has 9 heteroatoms. The number of carbonyl (C=O) groups is 1. The highest BCUT2D eigenvalue weighted by atomic mass is 32.2. The Kier molecular flexibility index (Phi) is 5.47. The number of sulfonamides is 1. The molecule has 2 aromatic rings. The van der Waals surface area contributed by atoms with Crippen LogP contribution in [0.3, 0.4) is 0 Å². The molecule has 0 spiro atoms. The summed E-state index contributed by atoms with van der Waals surface area (Å²) in [6.07, 6.45) is 3.08. The van der Waals surface area contributed by atoms with Crippen LogP contribution < -0.4 is 0 Å². The van der Waals surface area contributed by atoms with E-state index in [0.29, 0.717) is 44.6 Å². The molecule has 0 atom stereocenters. The number of hydrogen-bond donors (Lipinski definition) is 0. The fourth-order valence-electron chi connectivity index (χ4n) is 3.20. The molecular weight excluding hydrogens is 358 g/mol. The van der Waals surface area contributed by atoms with Gasteiger partial charge in [-0.2, -0.15) is 4.31 Å². The Morgan fingerprint density at radius 1 is 1.23 bits per heavy atom. The van der Waals surface area contributed by atoms with Gasteiger partial charge in [0.25, 0.3) is 0 Å². The van der Waals surface area contributed by atoms with Crippen LogP contribution in [-0.2, 0) is 21.2 Å². The summed E-state index contributed by atoms with van der Waals surface area (Å²) < 4.78 is 37.5. The Hall–Kier alpha value is -2.13. The van der Waals surface area contributed by atoms with Crippen molar-refractivity contribution in [2.24, 2.45) is 0 Å². The average molecular weight is 381 g/mol. The van der Waals surface area contributed by atoms with Gasteiger partial charge in [0.2, 0.25) is 15.9 Å². The predicted molar refractivity (Wildman–Crippen MR) is 93.0 cm³/mol. The molecule has 3 rings (SSSR count). The van der Waals surface area contributed by atoms with Crippen molar-refractivity contribution in [3.8, 4) is 0 Å². The minimum absolute atomic E-state index is 0.0120. The summed E-state index contributed by atoms with van der Waals surface area (Å²) >= 11 is 0. The zero-order chi connectivity index (χ0) is 18.7. The number of hydrogen-bond acceptors (Lipinski definition) is 6. The monoisotopic (exact) mass is 381 g/mol. The number of furan rings is 1. The highest BCUT2D eigenvalue weighted by molar-refractivity contribution is 7.89. The van der Waals surface area contributed by atoms with Crippen molar-refractivity contribution in [2.45, 2.75) is 38.0 Å². The van der Waals surface area contributed by atoms with Crippen LogP contribution in [0.4, 0.5) is 0 Å². The van der Waals surface area contributed by atoms with E-state index >= 15 is 0 Å². The van der Waals surface area contributed by atoms with Gasteiger partial charge in [-0.1, -0.05) is 5.16 Å². The molecular formula is C17H23N3O5S. The standard InChI is InChI=1S/C17H23N3O5S/c1-13-17(14(2)25-18-13)26(22,23)20-9-4-8-19(10-11-20)16(21)7-6-15-5-3-12-24-15/h3,5,12H,4,6-11H2,1-2H3. The highest BCUT2D eigenvalue weighted by Crippen LogP contribution is 2.24. The van der Waals surface area contributed by atoms with E-state index in [2.05, 4.69) is 5.16 Å². The van der Waals surface area contributed by atoms with Gasteiger partial charge in [-0.3, -0.25) is 4.79 Å². The number of rotatable bonds is 5. The summed E-state index contributed by atoms with van der Waals surface area (Å²) in [5, 5.41) is 3.74. The molecule has 0 aromatic carbocycles. The van der Waals surface area contributed by atoms with E-state index in [9.17, 15) is 13.2 Å². The predicted octanol–water partition coefficient (Wildman–Crippen LogP) is 1.74. The molecule has 0 bridgehead atoms. The number of carbonyl (C=O) groups excluding carboxylic acids is 1. The fraction of sp³-hybridized carbons (Fsp3) is 0.529. The summed E-state index contributed by atoms with van der Waals surface area (Å²) in [4.78, 5) is 14.3. The van der Waals surface area contributed by atoms with Gasteiger partial charge in [-0.15, -0.1) is 0 Å². The van der Waals surface area contributed by atoms with Crippen LogP contribution in [0.2, 0.25) is 0 Å². The average Bonchev–Trinajstić information content (AvgIpc) is 3.15. The van der Waals surface area contributed by atoms with E-state index in [-0.39, 0.29) is 23.1 Å². The lowest BCUT2D eigenvalue weighted by Gasteiger charge is -2.21. The molecule has 1 aliphatic heterocycles. The molecule has 2 aromatic heterocycles. The van der Waals surface area contributed by atoms with Gasteiger partial charge in [0.05, 0.1) is 6.26 Å². The quantitative estimate of drug-likeness (QED) is 0.783. The van der Waals surface area contributed by atoms with Gasteiger partial charge in [0.15, 0.2) is 5.76 Å². The summed E-state index contributed by atoms with van der Waals surface area (Å²) in [5.74, 6) is 1.08. The minimum atomic E-state index is -3.68. The normalized spacial score (nSPS) is 16.6. The van der Waals surface area contributed by atoms with E-state index in [4.69, 9.17) is 8.94 Å². The Morgan fingerprint density at radius 2 is 2.04 bits per heavy atom.